The van der Waals surface area contributed by atoms with E-state index in [1.54, 1.807) is 6.20 Å². The average molecular weight is 291 g/mol. The van der Waals surface area contributed by atoms with Crippen molar-refractivity contribution in [2.45, 2.75) is 12.8 Å². The number of nitrogens with two attached hydrogens (primary N) is 1. The largest absolute Gasteiger partial charge is 0.375 e. The smallest absolute Gasteiger partial charge is 0.182 e. The van der Waals surface area contributed by atoms with Crippen LogP contribution in [0.1, 0.15) is 11.4 Å². The van der Waals surface area contributed by atoms with Gasteiger partial charge in [0.15, 0.2) is 5.13 Å². The molecule has 0 unspecified atom stereocenters. The Morgan fingerprint density at radius 2 is 1.84 bits per heavy atom. The molecule has 0 spiro atoms. The molecule has 0 amide bonds. The molecule has 0 atom stereocenters. The minimum absolute atomic E-state index is 0.555. The Morgan fingerprint density at radius 3 is 2.63 bits per heavy atom. The van der Waals surface area contributed by atoms with E-state index in [-0.39, 0.29) is 0 Å². The minimum atomic E-state index is 0.555. The van der Waals surface area contributed by atoms with E-state index in [2.05, 4.69) is 15.0 Å². The van der Waals surface area contributed by atoms with Crippen LogP contribution in [0.2, 0.25) is 5.02 Å². The molecule has 4 nitrogen and oxygen atoms in total. The number of nitrogen functional groups attached to an aromatic ring is 1. The van der Waals surface area contributed by atoms with Gasteiger partial charge in [-0.25, -0.2) is 9.97 Å². The summed E-state index contributed by atoms with van der Waals surface area (Å²) in [5.41, 5.74) is 8.55. The van der Waals surface area contributed by atoms with Crippen LogP contribution in [0.5, 0.6) is 0 Å². The molecule has 0 saturated carbocycles. The first-order valence-electron chi connectivity index (χ1n) is 5.83. The van der Waals surface area contributed by atoms with Crippen LogP contribution in [0, 0.1) is 0 Å². The fraction of sp³-hybridized carbons (Fsp3) is 0.154. The maximum atomic E-state index is 5.80. The molecular formula is C13H11ClN4S. The Morgan fingerprint density at radius 1 is 1.05 bits per heavy atom. The molecule has 19 heavy (non-hydrogen) atoms. The van der Waals surface area contributed by atoms with Crippen LogP contribution in [0.4, 0.5) is 5.13 Å². The number of thiazole rings is 1. The van der Waals surface area contributed by atoms with Crippen LogP contribution in [0.3, 0.4) is 0 Å². The predicted octanol–water partition coefficient (Wildman–Crippen LogP) is 3.11. The molecule has 6 heteroatoms. The van der Waals surface area contributed by atoms with Crippen molar-refractivity contribution in [2.24, 2.45) is 0 Å². The number of aromatic nitrogens is 3. The van der Waals surface area contributed by atoms with E-state index in [0.717, 1.165) is 34.6 Å². The number of halogens is 1. The van der Waals surface area contributed by atoms with Crippen molar-refractivity contribution in [3.63, 3.8) is 0 Å². The van der Waals surface area contributed by atoms with Gasteiger partial charge in [0, 0.05) is 17.6 Å². The quantitative estimate of drug-likeness (QED) is 0.805. The van der Waals surface area contributed by atoms with E-state index < -0.39 is 0 Å². The van der Waals surface area contributed by atoms with Crippen LogP contribution in [-0.2, 0) is 12.8 Å². The molecule has 2 N–H and O–H groups in total. The third-order valence-electron chi connectivity index (χ3n) is 2.76. The van der Waals surface area contributed by atoms with Crippen LogP contribution in [0.15, 0.2) is 30.5 Å². The number of fused-ring (bicyclic) bond motifs is 1. The summed E-state index contributed by atoms with van der Waals surface area (Å²) in [4.78, 5) is 13.9. The second-order valence-electron chi connectivity index (χ2n) is 4.15. The summed E-state index contributed by atoms with van der Waals surface area (Å²) in [7, 11) is 0. The zero-order valence-corrected chi connectivity index (χ0v) is 11.6. The standard InChI is InChI=1S/C13H11ClN4S/c14-8-1-2-9(16-7-8)3-4-10-5-6-11-12(17-10)19-13(15)18-11/h1-2,5-7H,3-4H2,(H2,15,18). The molecule has 3 rings (SSSR count). The molecule has 0 aromatic carbocycles. The number of nitrogens with zero attached hydrogens (tertiary/aromatic N) is 3. The van der Waals surface area contributed by atoms with Gasteiger partial charge in [0.2, 0.25) is 0 Å². The maximum Gasteiger partial charge on any atom is 0.182 e. The van der Waals surface area contributed by atoms with E-state index in [1.165, 1.54) is 11.3 Å². The number of hydrogen-bond acceptors (Lipinski definition) is 5. The molecule has 0 fully saturated rings. The summed E-state index contributed by atoms with van der Waals surface area (Å²) in [5, 5.41) is 1.21. The van der Waals surface area contributed by atoms with E-state index in [0.29, 0.717) is 10.2 Å². The van der Waals surface area contributed by atoms with Gasteiger partial charge in [0.25, 0.3) is 0 Å². The van der Waals surface area contributed by atoms with Crippen LogP contribution >= 0.6 is 22.9 Å². The van der Waals surface area contributed by atoms with Crippen LogP contribution in [-0.4, -0.2) is 15.0 Å². The third kappa shape index (κ3) is 2.83. The van der Waals surface area contributed by atoms with Gasteiger partial charge in [-0.15, -0.1) is 0 Å². The molecule has 0 aliphatic carbocycles. The van der Waals surface area contributed by atoms with Crippen molar-refractivity contribution >= 4 is 38.4 Å². The van der Waals surface area contributed by atoms with Gasteiger partial charge in [-0.1, -0.05) is 22.9 Å². The first-order chi connectivity index (χ1) is 9.20. The normalized spacial score (nSPS) is 11.0. The predicted molar refractivity (Wildman–Crippen MR) is 78.5 cm³/mol. The lowest BCUT2D eigenvalue weighted by atomic mass is 10.1. The topological polar surface area (TPSA) is 64.7 Å². The Hall–Kier alpha value is -1.72. The van der Waals surface area contributed by atoms with E-state index in [4.69, 9.17) is 17.3 Å². The average Bonchev–Trinajstić information content (AvgIpc) is 2.77. The molecule has 3 heterocycles. The summed E-state index contributed by atoms with van der Waals surface area (Å²) >= 11 is 7.22. The third-order valence-corrected chi connectivity index (χ3v) is 3.77. The van der Waals surface area contributed by atoms with Gasteiger partial charge in [0.05, 0.1) is 5.02 Å². The number of pyridine rings is 2. The van der Waals surface area contributed by atoms with Gasteiger partial charge in [-0.2, -0.15) is 0 Å². The second-order valence-corrected chi connectivity index (χ2v) is 5.59. The van der Waals surface area contributed by atoms with Crippen molar-refractivity contribution in [3.05, 3.63) is 46.9 Å². The van der Waals surface area contributed by atoms with Gasteiger partial charge in [-0.05, 0) is 37.1 Å². The lowest BCUT2D eigenvalue weighted by Crippen LogP contribution is -1.96. The number of anilines is 1. The first kappa shape index (κ1) is 12.3. The van der Waals surface area contributed by atoms with Crippen LogP contribution < -0.4 is 5.73 Å². The Labute approximate surface area is 119 Å². The van der Waals surface area contributed by atoms with Crippen molar-refractivity contribution in [1.82, 2.24) is 15.0 Å². The highest BCUT2D eigenvalue weighted by atomic mass is 35.5. The van der Waals surface area contributed by atoms with Crippen molar-refractivity contribution in [1.29, 1.82) is 0 Å². The van der Waals surface area contributed by atoms with E-state index >= 15 is 0 Å². The SMILES string of the molecule is Nc1nc2ccc(CCc3ccc(Cl)cn3)nc2s1. The van der Waals surface area contributed by atoms with Crippen LogP contribution in [0.25, 0.3) is 10.3 Å². The molecule has 3 aromatic heterocycles. The lowest BCUT2D eigenvalue weighted by Gasteiger charge is -2.01. The highest BCUT2D eigenvalue weighted by molar-refractivity contribution is 7.21. The van der Waals surface area contributed by atoms with Crippen molar-refractivity contribution in [3.8, 4) is 0 Å². The molecule has 0 bridgehead atoms. The van der Waals surface area contributed by atoms with Gasteiger partial charge < -0.3 is 5.73 Å². The summed E-state index contributed by atoms with van der Waals surface area (Å²) in [6, 6.07) is 7.73. The molecular weight excluding hydrogens is 280 g/mol. The Bertz CT molecular complexity index is 708. The van der Waals surface area contributed by atoms with Gasteiger partial charge >= 0.3 is 0 Å². The molecule has 0 aliphatic rings. The van der Waals surface area contributed by atoms with Crippen molar-refractivity contribution < 1.29 is 0 Å². The van der Waals surface area contributed by atoms with Gasteiger partial charge in [0.1, 0.15) is 10.3 Å². The summed E-state index contributed by atoms with van der Waals surface area (Å²) in [6.45, 7) is 0. The maximum absolute atomic E-state index is 5.80. The number of aryl methyl sites for hydroxylation is 2. The fourth-order valence-corrected chi connectivity index (χ4v) is 2.66. The Balaban J connectivity index is 1.75. The van der Waals surface area contributed by atoms with Gasteiger partial charge in [-0.3, -0.25) is 4.98 Å². The highest BCUT2D eigenvalue weighted by Crippen LogP contribution is 2.22. The zero-order chi connectivity index (χ0) is 13.2. The number of hydrogen-bond donors (Lipinski definition) is 1. The molecule has 96 valence electrons. The monoisotopic (exact) mass is 290 g/mol. The fourth-order valence-electron chi connectivity index (χ4n) is 1.82. The molecule has 0 radical (unpaired) electrons. The second kappa shape index (κ2) is 5.11. The first-order valence-corrected chi connectivity index (χ1v) is 7.02. The Kier molecular flexibility index (Phi) is 3.31. The molecule has 0 saturated heterocycles. The minimum Gasteiger partial charge on any atom is -0.375 e. The molecule has 0 aliphatic heterocycles. The highest BCUT2D eigenvalue weighted by Gasteiger charge is 2.04. The summed E-state index contributed by atoms with van der Waals surface area (Å²) in [6.07, 6.45) is 3.34. The molecule has 3 aromatic rings. The van der Waals surface area contributed by atoms with E-state index in [9.17, 15) is 0 Å². The zero-order valence-electron chi connectivity index (χ0n) is 10.0. The lowest BCUT2D eigenvalue weighted by molar-refractivity contribution is 0.887. The van der Waals surface area contributed by atoms with Crippen molar-refractivity contribution in [2.75, 3.05) is 5.73 Å². The summed E-state index contributed by atoms with van der Waals surface area (Å²) in [5.74, 6) is 0. The number of rotatable bonds is 3. The van der Waals surface area contributed by atoms with E-state index in [1.807, 2.05) is 24.3 Å². The summed E-state index contributed by atoms with van der Waals surface area (Å²) < 4.78 is 0.